The smallest absolute Gasteiger partial charge is 0.0505 e. The van der Waals surface area contributed by atoms with Gasteiger partial charge < -0.3 is 11.1 Å². The van der Waals surface area contributed by atoms with Gasteiger partial charge in [0.05, 0.1) is 6.67 Å². The molecule has 0 bridgehead atoms. The maximum atomic E-state index is 5.70. The molecule has 0 aromatic heterocycles. The van der Waals surface area contributed by atoms with E-state index in [9.17, 15) is 0 Å². The number of nitrogens with two attached hydrogens (primary N) is 1. The highest BCUT2D eigenvalue weighted by molar-refractivity contribution is 5.51. The summed E-state index contributed by atoms with van der Waals surface area (Å²) in [6, 6.07) is 8.49. The van der Waals surface area contributed by atoms with Gasteiger partial charge in [0, 0.05) is 37.1 Å². The van der Waals surface area contributed by atoms with E-state index in [1.807, 2.05) is 24.3 Å². The summed E-state index contributed by atoms with van der Waals surface area (Å²) >= 11 is 0. The van der Waals surface area contributed by atoms with Gasteiger partial charge >= 0.3 is 0 Å². The van der Waals surface area contributed by atoms with Gasteiger partial charge in [-0.3, -0.25) is 9.80 Å². The van der Waals surface area contributed by atoms with Crippen LogP contribution in [0, 0.1) is 0 Å². The highest BCUT2D eigenvalue weighted by Gasteiger charge is 2.19. The van der Waals surface area contributed by atoms with Crippen molar-refractivity contribution in [2.75, 3.05) is 44.4 Å². The third-order valence-corrected chi connectivity index (χ3v) is 3.49. The lowest BCUT2D eigenvalue weighted by Gasteiger charge is -2.24. The van der Waals surface area contributed by atoms with Gasteiger partial charge in [-0.05, 0) is 37.7 Å². The van der Waals surface area contributed by atoms with Crippen molar-refractivity contribution in [1.29, 1.82) is 0 Å². The van der Waals surface area contributed by atoms with Crippen molar-refractivity contribution in [3.63, 3.8) is 0 Å². The van der Waals surface area contributed by atoms with Crippen LogP contribution in [0.1, 0.15) is 13.3 Å². The average Bonchev–Trinajstić information content (AvgIpc) is 2.77. The molecule has 1 aliphatic heterocycles. The van der Waals surface area contributed by atoms with Crippen molar-refractivity contribution >= 4 is 11.4 Å². The second-order valence-corrected chi connectivity index (χ2v) is 5.17. The van der Waals surface area contributed by atoms with Crippen LogP contribution in [0.5, 0.6) is 0 Å². The molecule has 1 fully saturated rings. The van der Waals surface area contributed by atoms with Gasteiger partial charge in [0.1, 0.15) is 0 Å². The predicted molar refractivity (Wildman–Crippen MR) is 77.6 cm³/mol. The van der Waals surface area contributed by atoms with Crippen molar-refractivity contribution in [3.05, 3.63) is 24.3 Å². The molecule has 0 aliphatic carbocycles. The number of anilines is 2. The minimum atomic E-state index is 0.500. The minimum Gasteiger partial charge on any atom is -0.399 e. The van der Waals surface area contributed by atoms with Crippen molar-refractivity contribution in [2.24, 2.45) is 0 Å². The normalized spacial score (nSPS) is 19.0. The Kier molecular flexibility index (Phi) is 4.44. The van der Waals surface area contributed by atoms with Crippen LogP contribution >= 0.6 is 0 Å². The zero-order chi connectivity index (χ0) is 13.0. The Balaban J connectivity index is 1.87. The number of likely N-dealkylation sites (N-methyl/N-ethyl adjacent to an activating group) is 1. The summed E-state index contributed by atoms with van der Waals surface area (Å²) < 4.78 is 0. The fraction of sp³-hybridized carbons (Fsp3) is 0.571. The van der Waals surface area contributed by atoms with Gasteiger partial charge in [0.2, 0.25) is 0 Å². The van der Waals surface area contributed by atoms with Crippen molar-refractivity contribution in [1.82, 2.24) is 9.80 Å². The van der Waals surface area contributed by atoms with Crippen LogP contribution < -0.4 is 11.1 Å². The number of nitrogen functional groups attached to an aromatic ring is 1. The van der Waals surface area contributed by atoms with Crippen LogP contribution in [0.25, 0.3) is 0 Å². The lowest BCUT2D eigenvalue weighted by atomic mass is 10.2. The molecule has 1 aromatic rings. The molecule has 18 heavy (non-hydrogen) atoms. The first kappa shape index (κ1) is 13.2. The molecule has 100 valence electrons. The number of rotatable bonds is 5. The second kappa shape index (κ2) is 6.07. The fourth-order valence-electron chi connectivity index (χ4n) is 2.35. The Labute approximate surface area is 110 Å². The van der Waals surface area contributed by atoms with Gasteiger partial charge in [-0.25, -0.2) is 0 Å². The van der Waals surface area contributed by atoms with Crippen LogP contribution in [0.2, 0.25) is 0 Å². The molecule has 0 spiro atoms. The highest BCUT2D eigenvalue weighted by atomic mass is 15.4. The summed E-state index contributed by atoms with van der Waals surface area (Å²) in [5, 5.41) is 3.58. The molecule has 4 heteroatoms. The molecule has 1 saturated heterocycles. The standard InChI is InChI=1S/C14H24N4/c1-3-13(10-18-9-8-17(2)11-18)16-14-6-4-12(15)5-7-14/h4-7,13,16H,3,8-11,15H2,1-2H3. The van der Waals surface area contributed by atoms with E-state index in [0.29, 0.717) is 6.04 Å². The van der Waals surface area contributed by atoms with Gasteiger partial charge in [0.25, 0.3) is 0 Å². The lowest BCUT2D eigenvalue weighted by Crippen LogP contribution is -2.35. The topological polar surface area (TPSA) is 44.5 Å². The second-order valence-electron chi connectivity index (χ2n) is 5.17. The first-order valence-electron chi connectivity index (χ1n) is 6.70. The average molecular weight is 248 g/mol. The molecule has 1 aliphatic rings. The number of hydrogen-bond acceptors (Lipinski definition) is 4. The van der Waals surface area contributed by atoms with E-state index in [1.165, 1.54) is 13.1 Å². The summed E-state index contributed by atoms with van der Waals surface area (Å²) in [4.78, 5) is 4.86. The Morgan fingerprint density at radius 2 is 2.00 bits per heavy atom. The maximum Gasteiger partial charge on any atom is 0.0505 e. The maximum absolute atomic E-state index is 5.70. The van der Waals surface area contributed by atoms with Gasteiger partial charge in [-0.1, -0.05) is 6.92 Å². The van der Waals surface area contributed by atoms with E-state index >= 15 is 0 Å². The Morgan fingerprint density at radius 1 is 1.28 bits per heavy atom. The van der Waals surface area contributed by atoms with Crippen molar-refractivity contribution in [3.8, 4) is 0 Å². The van der Waals surface area contributed by atoms with Crippen LogP contribution in [0.4, 0.5) is 11.4 Å². The molecular weight excluding hydrogens is 224 g/mol. The highest BCUT2D eigenvalue weighted by Crippen LogP contribution is 2.14. The Bertz CT molecular complexity index is 363. The van der Waals surface area contributed by atoms with Gasteiger partial charge in [-0.15, -0.1) is 0 Å². The monoisotopic (exact) mass is 248 g/mol. The molecule has 1 unspecified atom stereocenters. The third kappa shape index (κ3) is 3.62. The van der Waals surface area contributed by atoms with E-state index in [1.54, 1.807) is 0 Å². The van der Waals surface area contributed by atoms with Crippen LogP contribution in [-0.2, 0) is 0 Å². The zero-order valence-electron chi connectivity index (χ0n) is 11.4. The number of hydrogen-bond donors (Lipinski definition) is 2. The molecule has 0 amide bonds. The van der Waals surface area contributed by atoms with E-state index in [2.05, 4.69) is 29.1 Å². The zero-order valence-corrected chi connectivity index (χ0v) is 11.4. The van der Waals surface area contributed by atoms with E-state index < -0.39 is 0 Å². The summed E-state index contributed by atoms with van der Waals surface area (Å²) in [7, 11) is 2.17. The molecule has 1 heterocycles. The third-order valence-electron chi connectivity index (χ3n) is 3.49. The Hall–Kier alpha value is -1.26. The summed E-state index contributed by atoms with van der Waals surface area (Å²) in [6.07, 6.45) is 1.13. The summed E-state index contributed by atoms with van der Waals surface area (Å²) in [5.74, 6) is 0. The number of benzene rings is 1. The fourth-order valence-corrected chi connectivity index (χ4v) is 2.35. The van der Waals surface area contributed by atoms with Gasteiger partial charge in [-0.2, -0.15) is 0 Å². The SMILES string of the molecule is CCC(CN1CCN(C)C1)Nc1ccc(N)cc1. The van der Waals surface area contributed by atoms with E-state index in [0.717, 1.165) is 31.0 Å². The molecule has 0 saturated carbocycles. The number of nitrogens with one attached hydrogen (secondary N) is 1. The van der Waals surface area contributed by atoms with Crippen molar-refractivity contribution < 1.29 is 0 Å². The summed E-state index contributed by atoms with van der Waals surface area (Å²) in [6.45, 7) is 6.77. The molecule has 1 aromatic carbocycles. The molecule has 1 atom stereocenters. The van der Waals surface area contributed by atoms with Crippen LogP contribution in [0.3, 0.4) is 0 Å². The summed E-state index contributed by atoms with van der Waals surface area (Å²) in [5.41, 5.74) is 7.67. The van der Waals surface area contributed by atoms with Crippen LogP contribution in [-0.4, -0.2) is 49.2 Å². The molecule has 3 N–H and O–H groups in total. The molecule has 0 radical (unpaired) electrons. The largest absolute Gasteiger partial charge is 0.399 e. The first-order chi connectivity index (χ1) is 8.67. The number of nitrogens with zero attached hydrogens (tertiary/aromatic N) is 2. The predicted octanol–water partition coefficient (Wildman–Crippen LogP) is 1.66. The minimum absolute atomic E-state index is 0.500. The van der Waals surface area contributed by atoms with Gasteiger partial charge in [0.15, 0.2) is 0 Å². The van der Waals surface area contributed by atoms with E-state index in [-0.39, 0.29) is 0 Å². The Morgan fingerprint density at radius 3 is 2.56 bits per heavy atom. The van der Waals surface area contributed by atoms with Crippen LogP contribution in [0.15, 0.2) is 24.3 Å². The molecule has 4 nitrogen and oxygen atoms in total. The van der Waals surface area contributed by atoms with Crippen molar-refractivity contribution in [2.45, 2.75) is 19.4 Å². The molecule has 2 rings (SSSR count). The first-order valence-corrected chi connectivity index (χ1v) is 6.70. The quantitative estimate of drug-likeness (QED) is 0.778. The van der Waals surface area contributed by atoms with E-state index in [4.69, 9.17) is 5.73 Å². The lowest BCUT2D eigenvalue weighted by molar-refractivity contribution is 0.263. The molecular formula is C14H24N4.